The highest BCUT2D eigenvalue weighted by molar-refractivity contribution is 7.89. The Kier molecular flexibility index (Phi) is 6.66. The highest BCUT2D eigenvalue weighted by Gasteiger charge is 2.27. The molecule has 2 heterocycles. The van der Waals surface area contributed by atoms with Crippen LogP contribution in [0, 0.1) is 5.82 Å². The molecule has 6 nitrogen and oxygen atoms in total. The number of aromatic nitrogens is 1. The number of halogens is 1. The van der Waals surface area contributed by atoms with Crippen LogP contribution in [0.15, 0.2) is 63.8 Å². The molecule has 31 heavy (non-hydrogen) atoms. The number of hydrogen-bond donors (Lipinski definition) is 1. The molecule has 1 aromatic heterocycles. The normalized spacial score (nSPS) is 15.6. The molecule has 2 aromatic carbocycles. The fourth-order valence-corrected chi connectivity index (χ4v) is 6.07. The van der Waals surface area contributed by atoms with Gasteiger partial charge in [0.15, 0.2) is 4.80 Å². The molecular weight excluding hydrogens is 437 g/mol. The van der Waals surface area contributed by atoms with E-state index in [2.05, 4.69) is 4.99 Å². The molecule has 0 unspecified atom stereocenters. The SMILES string of the molecule is O=S(=O)(c1ccc(-c2csc(=Nc3ccc(F)cc3)n2CCCO)cc1)N1CCCC1. The largest absolute Gasteiger partial charge is 0.396 e. The quantitative estimate of drug-likeness (QED) is 0.582. The van der Waals surface area contributed by atoms with Gasteiger partial charge in [0.2, 0.25) is 10.0 Å². The van der Waals surface area contributed by atoms with E-state index in [4.69, 9.17) is 0 Å². The van der Waals surface area contributed by atoms with Crippen molar-refractivity contribution in [2.75, 3.05) is 19.7 Å². The standard InChI is InChI=1S/C22H24FN3O3S2/c23-18-6-8-19(9-7-18)24-22-26(14-3-15-27)21(16-30-22)17-4-10-20(11-5-17)31(28,29)25-12-1-2-13-25/h4-11,16,27H,1-3,12-15H2. The third-order valence-corrected chi connectivity index (χ3v) is 8.02. The van der Waals surface area contributed by atoms with Gasteiger partial charge in [-0.05, 0) is 61.2 Å². The number of aliphatic hydroxyl groups excluding tert-OH is 1. The molecule has 0 aliphatic carbocycles. The summed E-state index contributed by atoms with van der Waals surface area (Å²) in [5.74, 6) is -0.317. The van der Waals surface area contributed by atoms with Crippen molar-refractivity contribution in [3.8, 4) is 11.3 Å². The van der Waals surface area contributed by atoms with Crippen molar-refractivity contribution in [1.82, 2.24) is 8.87 Å². The maximum absolute atomic E-state index is 13.2. The summed E-state index contributed by atoms with van der Waals surface area (Å²) < 4.78 is 42.3. The van der Waals surface area contributed by atoms with Gasteiger partial charge < -0.3 is 9.67 Å². The molecule has 0 radical (unpaired) electrons. The second-order valence-electron chi connectivity index (χ2n) is 7.36. The van der Waals surface area contributed by atoms with E-state index in [1.807, 2.05) is 22.1 Å². The van der Waals surface area contributed by atoms with Crippen molar-refractivity contribution >= 4 is 27.0 Å². The zero-order valence-corrected chi connectivity index (χ0v) is 18.6. The highest BCUT2D eigenvalue weighted by Crippen LogP contribution is 2.26. The van der Waals surface area contributed by atoms with Crippen LogP contribution in [0.5, 0.6) is 0 Å². The van der Waals surface area contributed by atoms with Crippen molar-refractivity contribution in [2.45, 2.75) is 30.7 Å². The van der Waals surface area contributed by atoms with Crippen molar-refractivity contribution in [3.63, 3.8) is 0 Å². The van der Waals surface area contributed by atoms with Gasteiger partial charge >= 0.3 is 0 Å². The highest BCUT2D eigenvalue weighted by atomic mass is 32.2. The number of nitrogens with zero attached hydrogens (tertiary/aromatic N) is 3. The Morgan fingerprint density at radius 2 is 1.71 bits per heavy atom. The second-order valence-corrected chi connectivity index (χ2v) is 10.1. The fraction of sp³-hybridized carbons (Fsp3) is 0.318. The van der Waals surface area contributed by atoms with Crippen LogP contribution in [0.2, 0.25) is 0 Å². The van der Waals surface area contributed by atoms with Crippen LogP contribution in [0.25, 0.3) is 11.3 Å². The van der Waals surface area contributed by atoms with Crippen LogP contribution >= 0.6 is 11.3 Å². The van der Waals surface area contributed by atoms with E-state index in [1.54, 1.807) is 24.3 Å². The van der Waals surface area contributed by atoms with Gasteiger partial charge in [-0.3, -0.25) is 0 Å². The van der Waals surface area contributed by atoms with Crippen molar-refractivity contribution in [1.29, 1.82) is 0 Å². The van der Waals surface area contributed by atoms with Gasteiger partial charge in [0.25, 0.3) is 0 Å². The van der Waals surface area contributed by atoms with E-state index >= 15 is 0 Å². The Balaban J connectivity index is 1.69. The average Bonchev–Trinajstić information content (AvgIpc) is 3.45. The maximum Gasteiger partial charge on any atom is 0.243 e. The van der Waals surface area contributed by atoms with Crippen LogP contribution in [-0.4, -0.2) is 42.1 Å². The molecule has 9 heteroatoms. The molecule has 1 saturated heterocycles. The summed E-state index contributed by atoms with van der Waals surface area (Å²) in [5.41, 5.74) is 2.40. The van der Waals surface area contributed by atoms with Gasteiger partial charge in [-0.2, -0.15) is 4.31 Å². The molecule has 164 valence electrons. The van der Waals surface area contributed by atoms with E-state index in [0.29, 0.717) is 36.6 Å². The van der Waals surface area contributed by atoms with Gasteiger partial charge in [-0.1, -0.05) is 12.1 Å². The van der Waals surface area contributed by atoms with E-state index in [9.17, 15) is 17.9 Å². The first-order valence-corrected chi connectivity index (χ1v) is 12.5. The summed E-state index contributed by atoms with van der Waals surface area (Å²) in [7, 11) is -3.45. The van der Waals surface area contributed by atoms with Crippen LogP contribution in [0.3, 0.4) is 0 Å². The van der Waals surface area contributed by atoms with Crippen LogP contribution in [0.4, 0.5) is 10.1 Å². The smallest absolute Gasteiger partial charge is 0.243 e. The first kappa shape index (κ1) is 21.9. The number of sulfonamides is 1. The number of benzene rings is 2. The molecule has 1 N–H and O–H groups in total. The van der Waals surface area contributed by atoms with Crippen molar-refractivity contribution in [3.05, 3.63) is 64.5 Å². The monoisotopic (exact) mass is 461 g/mol. The molecule has 1 aliphatic heterocycles. The Morgan fingerprint density at radius 1 is 1.03 bits per heavy atom. The Labute approximate surface area is 185 Å². The fourth-order valence-electron chi connectivity index (χ4n) is 3.60. The Bertz CT molecular complexity index is 1190. The molecule has 3 aromatic rings. The molecular formula is C22H24FN3O3S2. The molecule has 0 atom stereocenters. The zero-order valence-electron chi connectivity index (χ0n) is 16.9. The topological polar surface area (TPSA) is 74.9 Å². The number of hydrogen-bond acceptors (Lipinski definition) is 5. The summed E-state index contributed by atoms with van der Waals surface area (Å²) >= 11 is 1.45. The van der Waals surface area contributed by atoms with E-state index in [0.717, 1.165) is 28.9 Å². The van der Waals surface area contributed by atoms with Gasteiger partial charge in [0.1, 0.15) is 5.82 Å². The molecule has 0 spiro atoms. The second kappa shape index (κ2) is 9.44. The number of thiazole rings is 1. The minimum absolute atomic E-state index is 0.0469. The predicted octanol–water partition coefficient (Wildman–Crippen LogP) is 3.76. The minimum atomic E-state index is -3.45. The molecule has 0 amide bonds. The van der Waals surface area contributed by atoms with E-state index in [-0.39, 0.29) is 12.4 Å². The molecule has 1 aliphatic rings. The van der Waals surface area contributed by atoms with Crippen molar-refractivity contribution in [2.24, 2.45) is 4.99 Å². The lowest BCUT2D eigenvalue weighted by molar-refractivity contribution is 0.279. The zero-order chi connectivity index (χ0) is 21.8. The first-order chi connectivity index (χ1) is 15.0. The number of aliphatic hydroxyl groups is 1. The van der Waals surface area contributed by atoms with E-state index < -0.39 is 10.0 Å². The molecule has 0 bridgehead atoms. The predicted molar refractivity (Wildman–Crippen MR) is 119 cm³/mol. The van der Waals surface area contributed by atoms with Crippen LogP contribution in [0.1, 0.15) is 19.3 Å². The van der Waals surface area contributed by atoms with Gasteiger partial charge in [0.05, 0.1) is 16.3 Å². The lowest BCUT2D eigenvalue weighted by atomic mass is 10.2. The lowest BCUT2D eigenvalue weighted by Crippen LogP contribution is -2.27. The van der Waals surface area contributed by atoms with Crippen LogP contribution < -0.4 is 4.80 Å². The summed E-state index contributed by atoms with van der Waals surface area (Å²) in [4.78, 5) is 5.64. The van der Waals surface area contributed by atoms with Crippen molar-refractivity contribution < 1.29 is 17.9 Å². The summed E-state index contributed by atoms with van der Waals surface area (Å²) in [6, 6.07) is 12.9. The lowest BCUT2D eigenvalue weighted by Gasteiger charge is -2.16. The third kappa shape index (κ3) is 4.79. The maximum atomic E-state index is 13.2. The van der Waals surface area contributed by atoms with E-state index in [1.165, 1.54) is 27.8 Å². The Hall–Kier alpha value is -2.33. The molecule has 0 saturated carbocycles. The molecule has 1 fully saturated rings. The minimum Gasteiger partial charge on any atom is -0.396 e. The van der Waals surface area contributed by atoms with Gasteiger partial charge in [-0.15, -0.1) is 11.3 Å². The summed E-state index contributed by atoms with van der Waals surface area (Å²) in [6.45, 7) is 1.75. The Morgan fingerprint density at radius 3 is 2.35 bits per heavy atom. The average molecular weight is 462 g/mol. The first-order valence-electron chi connectivity index (χ1n) is 10.2. The van der Waals surface area contributed by atoms with Gasteiger partial charge in [-0.25, -0.2) is 17.8 Å². The van der Waals surface area contributed by atoms with Crippen LogP contribution in [-0.2, 0) is 16.6 Å². The third-order valence-electron chi connectivity index (χ3n) is 5.24. The van der Waals surface area contributed by atoms with Gasteiger partial charge in [0, 0.05) is 31.6 Å². The summed E-state index contributed by atoms with van der Waals surface area (Å²) in [5, 5.41) is 11.3. The number of rotatable bonds is 7. The molecule has 4 rings (SSSR count). The summed E-state index contributed by atoms with van der Waals surface area (Å²) in [6.07, 6.45) is 2.36.